The highest BCUT2D eigenvalue weighted by atomic mass is 35.5. The Kier molecular flexibility index (Phi) is 8.41. The van der Waals surface area contributed by atoms with Crippen LogP contribution in [0.1, 0.15) is 35.3 Å². The predicted octanol–water partition coefficient (Wildman–Crippen LogP) is 4.92. The third kappa shape index (κ3) is 7.13. The molecule has 3 rings (SSSR count). The number of halogens is 5. The number of aromatic nitrogens is 2. The van der Waals surface area contributed by atoms with Crippen LogP contribution in [0.2, 0.25) is 5.15 Å². The molecule has 1 unspecified atom stereocenters. The molecule has 0 saturated heterocycles. The number of alkyl halides is 3. The smallest absolute Gasteiger partial charge is 0.403 e. The van der Waals surface area contributed by atoms with Crippen LogP contribution in [0.3, 0.4) is 0 Å². The van der Waals surface area contributed by atoms with Crippen molar-refractivity contribution in [2.45, 2.75) is 31.3 Å². The Morgan fingerprint density at radius 1 is 1.09 bits per heavy atom. The van der Waals surface area contributed by atoms with Gasteiger partial charge in [-0.05, 0) is 36.1 Å². The van der Waals surface area contributed by atoms with E-state index in [9.17, 15) is 22.4 Å². The molecule has 0 fully saturated rings. The maximum absolute atomic E-state index is 14.0. The second-order valence-electron chi connectivity index (χ2n) is 7.28. The number of nitrogens with zero attached hydrogens (tertiary/aromatic N) is 2. The summed E-state index contributed by atoms with van der Waals surface area (Å²) in [6.07, 6.45) is -1.55. The second kappa shape index (κ2) is 11.3. The number of hydrogen-bond acceptors (Lipinski definition) is 5. The molecule has 6 nitrogen and oxygen atoms in total. The van der Waals surface area contributed by atoms with E-state index in [1.165, 1.54) is 25.5 Å². The van der Waals surface area contributed by atoms with E-state index in [-0.39, 0.29) is 11.1 Å². The van der Waals surface area contributed by atoms with Crippen LogP contribution < -0.4 is 15.4 Å². The molecule has 2 aromatic carbocycles. The van der Waals surface area contributed by atoms with Crippen molar-refractivity contribution < 1.29 is 27.1 Å². The molecule has 180 valence electrons. The molecule has 0 spiro atoms. The molecule has 1 amide bonds. The number of rotatable bonds is 9. The van der Waals surface area contributed by atoms with Gasteiger partial charge in [-0.15, -0.1) is 13.2 Å². The summed E-state index contributed by atoms with van der Waals surface area (Å²) >= 11 is 5.77. The van der Waals surface area contributed by atoms with Crippen molar-refractivity contribution in [2.24, 2.45) is 0 Å². The molecule has 11 heteroatoms. The normalized spacial score (nSPS) is 13.2. The van der Waals surface area contributed by atoms with Gasteiger partial charge in [0.15, 0.2) is 11.6 Å². The van der Waals surface area contributed by atoms with Gasteiger partial charge in [-0.25, -0.2) is 9.37 Å². The first-order valence-electron chi connectivity index (χ1n) is 10.2. The number of amides is 1. The van der Waals surface area contributed by atoms with Gasteiger partial charge in [0, 0.05) is 13.1 Å². The van der Waals surface area contributed by atoms with Crippen molar-refractivity contribution in [3.05, 3.63) is 88.7 Å². The standard InChI is InChI=1S/C23H21ClF4N4O2/c1-29-22(33)21(14-5-3-2-4-6-14)32-18(10-8-16-12-31-20(24)13-30-16)15-7-9-17(25)19(11-15)34-23(26,27)28/h2-7,9,11-13,18,21,32H,8,10H2,1H3,(H,29,33)/t18-,21?/m0/s1. The molecule has 0 bridgehead atoms. The summed E-state index contributed by atoms with van der Waals surface area (Å²) in [4.78, 5) is 20.8. The molecule has 0 aliphatic rings. The van der Waals surface area contributed by atoms with Crippen LogP contribution in [0, 0.1) is 5.82 Å². The second-order valence-corrected chi connectivity index (χ2v) is 7.67. The lowest BCUT2D eigenvalue weighted by molar-refractivity contribution is -0.275. The highest BCUT2D eigenvalue weighted by molar-refractivity contribution is 6.29. The van der Waals surface area contributed by atoms with Crippen LogP contribution in [0.25, 0.3) is 0 Å². The van der Waals surface area contributed by atoms with E-state index in [2.05, 4.69) is 25.3 Å². The SMILES string of the molecule is CNC(=O)C(N[C@@H](CCc1cnc(Cl)cn1)c1ccc(F)c(OC(F)(F)F)c1)c1ccccc1. The first-order valence-corrected chi connectivity index (χ1v) is 10.6. The highest BCUT2D eigenvalue weighted by Gasteiger charge is 2.33. The van der Waals surface area contributed by atoms with Crippen LogP contribution in [0.15, 0.2) is 60.9 Å². The number of hydrogen-bond donors (Lipinski definition) is 2. The first kappa shape index (κ1) is 25.4. The van der Waals surface area contributed by atoms with Gasteiger partial charge in [-0.2, -0.15) is 0 Å². The largest absolute Gasteiger partial charge is 0.573 e. The Hall–Kier alpha value is -3.24. The van der Waals surface area contributed by atoms with Gasteiger partial charge in [0.1, 0.15) is 11.2 Å². The zero-order valence-electron chi connectivity index (χ0n) is 17.9. The lowest BCUT2D eigenvalue weighted by atomic mass is 9.97. The van der Waals surface area contributed by atoms with Crippen LogP contribution >= 0.6 is 11.6 Å². The van der Waals surface area contributed by atoms with E-state index in [1.54, 1.807) is 30.3 Å². The maximum Gasteiger partial charge on any atom is 0.573 e. The molecule has 2 N–H and O–H groups in total. The van der Waals surface area contributed by atoms with Crippen molar-refractivity contribution in [3.8, 4) is 5.75 Å². The van der Waals surface area contributed by atoms with Gasteiger partial charge in [-0.1, -0.05) is 48.0 Å². The molecule has 2 atom stereocenters. The molecule has 1 aromatic heterocycles. The van der Waals surface area contributed by atoms with Crippen molar-refractivity contribution in [3.63, 3.8) is 0 Å². The van der Waals surface area contributed by atoms with Gasteiger partial charge in [0.2, 0.25) is 5.91 Å². The Morgan fingerprint density at radius 3 is 2.44 bits per heavy atom. The summed E-state index contributed by atoms with van der Waals surface area (Å²) < 4.78 is 56.1. The molecule has 3 aromatic rings. The van der Waals surface area contributed by atoms with Crippen LogP contribution in [-0.4, -0.2) is 29.3 Å². The highest BCUT2D eigenvalue weighted by Crippen LogP contribution is 2.31. The molecule has 34 heavy (non-hydrogen) atoms. The molecule has 1 heterocycles. The minimum Gasteiger partial charge on any atom is -0.403 e. The zero-order chi connectivity index (χ0) is 24.7. The molecule has 0 radical (unpaired) electrons. The van der Waals surface area contributed by atoms with Crippen molar-refractivity contribution in [1.29, 1.82) is 0 Å². The number of carbonyl (C=O) groups is 1. The lowest BCUT2D eigenvalue weighted by Crippen LogP contribution is -2.38. The van der Waals surface area contributed by atoms with Crippen molar-refractivity contribution in [2.75, 3.05) is 7.05 Å². The van der Waals surface area contributed by atoms with E-state index in [1.807, 2.05) is 0 Å². The summed E-state index contributed by atoms with van der Waals surface area (Å²) in [6.45, 7) is 0. The van der Waals surface area contributed by atoms with E-state index >= 15 is 0 Å². The first-order chi connectivity index (χ1) is 16.2. The Labute approximate surface area is 198 Å². The van der Waals surface area contributed by atoms with E-state index in [4.69, 9.17) is 11.6 Å². The lowest BCUT2D eigenvalue weighted by Gasteiger charge is -2.26. The number of likely N-dealkylation sites (N-methyl/N-ethyl adjacent to an activating group) is 1. The van der Waals surface area contributed by atoms with Crippen molar-refractivity contribution >= 4 is 17.5 Å². The van der Waals surface area contributed by atoms with E-state index in [0.717, 1.165) is 12.1 Å². The fourth-order valence-electron chi connectivity index (χ4n) is 3.36. The molecule has 0 aliphatic heterocycles. The topological polar surface area (TPSA) is 76.1 Å². The summed E-state index contributed by atoms with van der Waals surface area (Å²) in [5.74, 6) is -2.47. The molecule has 0 aliphatic carbocycles. The van der Waals surface area contributed by atoms with E-state index in [0.29, 0.717) is 29.7 Å². The van der Waals surface area contributed by atoms with Gasteiger partial charge < -0.3 is 10.1 Å². The molecular formula is C23H21ClF4N4O2. The quantitative estimate of drug-likeness (QED) is 0.411. The summed E-state index contributed by atoms with van der Waals surface area (Å²) in [5, 5.41) is 5.98. The number of ether oxygens (including phenoxy) is 1. The average Bonchev–Trinajstić information content (AvgIpc) is 2.81. The number of benzene rings is 2. The van der Waals surface area contributed by atoms with Gasteiger partial charge >= 0.3 is 6.36 Å². The van der Waals surface area contributed by atoms with Crippen LogP contribution in [-0.2, 0) is 11.2 Å². The van der Waals surface area contributed by atoms with Crippen molar-refractivity contribution in [1.82, 2.24) is 20.6 Å². The molecule has 0 saturated carbocycles. The predicted molar refractivity (Wildman–Crippen MR) is 118 cm³/mol. The summed E-state index contributed by atoms with van der Waals surface area (Å²) in [7, 11) is 1.48. The minimum atomic E-state index is -5.06. The van der Waals surface area contributed by atoms with E-state index < -0.39 is 30.0 Å². The summed E-state index contributed by atoms with van der Waals surface area (Å²) in [5.41, 5.74) is 1.53. The van der Waals surface area contributed by atoms with Crippen LogP contribution in [0.4, 0.5) is 17.6 Å². The minimum absolute atomic E-state index is 0.217. The van der Waals surface area contributed by atoms with Crippen LogP contribution in [0.5, 0.6) is 5.75 Å². The average molecular weight is 497 g/mol. The maximum atomic E-state index is 14.0. The molecular weight excluding hydrogens is 476 g/mol. The Bertz CT molecular complexity index is 1100. The number of carbonyl (C=O) groups excluding carboxylic acids is 1. The third-order valence-corrected chi connectivity index (χ3v) is 5.15. The Balaban J connectivity index is 1.95. The zero-order valence-corrected chi connectivity index (χ0v) is 18.7. The van der Waals surface area contributed by atoms with Gasteiger partial charge in [0.05, 0.1) is 18.1 Å². The fourth-order valence-corrected chi connectivity index (χ4v) is 3.46. The number of nitrogens with one attached hydrogen (secondary N) is 2. The third-order valence-electron chi connectivity index (χ3n) is 4.96. The van der Waals surface area contributed by atoms with Gasteiger partial charge in [0.25, 0.3) is 0 Å². The van der Waals surface area contributed by atoms with Gasteiger partial charge in [-0.3, -0.25) is 15.1 Å². The monoisotopic (exact) mass is 496 g/mol. The number of aryl methyl sites for hydroxylation is 1. The fraction of sp³-hybridized carbons (Fsp3) is 0.261. The summed E-state index contributed by atoms with van der Waals surface area (Å²) in [6, 6.07) is 10.5. The Morgan fingerprint density at radius 2 is 1.82 bits per heavy atom.